The smallest absolute Gasteiger partial charge is 0.273 e. The molecule has 1 aliphatic carbocycles. The van der Waals surface area contributed by atoms with Gasteiger partial charge in [-0.1, -0.05) is 5.16 Å². The summed E-state index contributed by atoms with van der Waals surface area (Å²) in [6.45, 7) is 3.97. The number of hydrogen-bond acceptors (Lipinski definition) is 5. The first-order valence-electron chi connectivity index (χ1n) is 8.17. The summed E-state index contributed by atoms with van der Waals surface area (Å²) in [6, 6.07) is 1.56. The second-order valence-corrected chi connectivity index (χ2v) is 8.65. The third-order valence-corrected chi connectivity index (χ3v) is 6.60. The van der Waals surface area contributed by atoms with Crippen LogP contribution in [0.4, 0.5) is 0 Å². The van der Waals surface area contributed by atoms with Crippen LogP contribution >= 0.6 is 0 Å². The van der Waals surface area contributed by atoms with Crippen molar-refractivity contribution in [2.45, 2.75) is 57.5 Å². The van der Waals surface area contributed by atoms with Gasteiger partial charge in [-0.2, -0.15) is 4.31 Å². The second-order valence-electron chi connectivity index (χ2n) is 6.44. The third kappa shape index (κ3) is 3.58. The Morgan fingerprint density at radius 2 is 2.17 bits per heavy atom. The van der Waals surface area contributed by atoms with Crippen molar-refractivity contribution in [2.75, 3.05) is 12.3 Å². The van der Waals surface area contributed by atoms with E-state index >= 15 is 0 Å². The molecule has 8 heteroatoms. The summed E-state index contributed by atoms with van der Waals surface area (Å²) >= 11 is 0. The largest absolute Gasteiger partial charge is 0.360 e. The lowest BCUT2D eigenvalue weighted by atomic mass is 10.0. The highest BCUT2D eigenvalue weighted by atomic mass is 32.2. The first-order valence-corrected chi connectivity index (χ1v) is 9.78. The van der Waals surface area contributed by atoms with Crippen molar-refractivity contribution >= 4 is 15.9 Å². The van der Waals surface area contributed by atoms with Crippen LogP contribution in [0, 0.1) is 0 Å². The van der Waals surface area contributed by atoms with Gasteiger partial charge in [-0.15, -0.1) is 0 Å². The van der Waals surface area contributed by atoms with Gasteiger partial charge in [-0.3, -0.25) is 4.79 Å². The van der Waals surface area contributed by atoms with Gasteiger partial charge in [0.1, 0.15) is 5.76 Å². The molecule has 1 aromatic rings. The molecule has 1 amide bonds. The van der Waals surface area contributed by atoms with Crippen molar-refractivity contribution in [3.8, 4) is 0 Å². The maximum absolute atomic E-state index is 12.2. The van der Waals surface area contributed by atoms with Crippen LogP contribution in [0.3, 0.4) is 0 Å². The summed E-state index contributed by atoms with van der Waals surface area (Å²) in [5, 5.41) is 6.78. The van der Waals surface area contributed by atoms with E-state index in [1.807, 2.05) is 6.92 Å². The molecule has 0 bridgehead atoms. The molecule has 1 saturated carbocycles. The Morgan fingerprint density at radius 3 is 2.78 bits per heavy atom. The molecule has 2 heterocycles. The molecule has 1 unspecified atom stereocenters. The number of nitrogens with one attached hydrogen (secondary N) is 1. The van der Waals surface area contributed by atoms with E-state index in [-0.39, 0.29) is 23.7 Å². The van der Waals surface area contributed by atoms with E-state index in [2.05, 4.69) is 10.5 Å². The number of rotatable bonds is 5. The van der Waals surface area contributed by atoms with Crippen LogP contribution in [0.1, 0.15) is 61.7 Å². The summed E-state index contributed by atoms with van der Waals surface area (Å²) in [7, 11) is -3.18. The quantitative estimate of drug-likeness (QED) is 0.876. The molecule has 3 rings (SSSR count). The molecular weight excluding hydrogens is 318 g/mol. The van der Waals surface area contributed by atoms with Gasteiger partial charge in [0.25, 0.3) is 5.91 Å². The van der Waals surface area contributed by atoms with E-state index in [9.17, 15) is 13.2 Å². The summed E-state index contributed by atoms with van der Waals surface area (Å²) < 4.78 is 30.7. The molecule has 2 aliphatic rings. The molecule has 1 aromatic heterocycles. The van der Waals surface area contributed by atoms with E-state index in [0.717, 1.165) is 18.6 Å². The van der Waals surface area contributed by atoms with Gasteiger partial charge in [-0.25, -0.2) is 8.42 Å². The Hall–Kier alpha value is -1.41. The zero-order chi connectivity index (χ0) is 16.6. The van der Waals surface area contributed by atoms with E-state index < -0.39 is 10.0 Å². The zero-order valence-corrected chi connectivity index (χ0v) is 14.3. The predicted molar refractivity (Wildman–Crippen MR) is 84.6 cm³/mol. The highest BCUT2D eigenvalue weighted by molar-refractivity contribution is 7.89. The van der Waals surface area contributed by atoms with E-state index in [1.165, 1.54) is 4.31 Å². The Balaban J connectivity index is 1.57. The molecule has 7 nitrogen and oxygen atoms in total. The Bertz CT molecular complexity index is 681. The number of nitrogens with zero attached hydrogens (tertiary/aromatic N) is 2. The van der Waals surface area contributed by atoms with Gasteiger partial charge in [0.2, 0.25) is 10.0 Å². The Morgan fingerprint density at radius 1 is 1.43 bits per heavy atom. The Labute approximate surface area is 136 Å². The number of aromatic nitrogens is 1. The Kier molecular flexibility index (Phi) is 4.46. The fourth-order valence-corrected chi connectivity index (χ4v) is 4.43. The lowest BCUT2D eigenvalue weighted by Crippen LogP contribution is -2.51. The molecule has 0 spiro atoms. The predicted octanol–water partition coefficient (Wildman–Crippen LogP) is 1.48. The maximum Gasteiger partial charge on any atom is 0.273 e. The molecule has 128 valence electrons. The maximum atomic E-state index is 12.2. The average Bonchev–Trinajstić information content (AvgIpc) is 3.24. The second kappa shape index (κ2) is 6.24. The number of hydrogen-bond donors (Lipinski definition) is 1. The molecule has 1 N–H and O–H groups in total. The molecule has 0 radical (unpaired) electrons. The first-order chi connectivity index (χ1) is 10.9. The number of carbonyl (C=O) groups is 1. The minimum Gasteiger partial charge on any atom is -0.360 e. The van der Waals surface area contributed by atoms with Crippen LogP contribution in [0.2, 0.25) is 0 Å². The average molecular weight is 341 g/mol. The molecule has 2 atom stereocenters. The van der Waals surface area contributed by atoms with Gasteiger partial charge >= 0.3 is 0 Å². The summed E-state index contributed by atoms with van der Waals surface area (Å²) in [5.74, 6) is 1.07. The van der Waals surface area contributed by atoms with E-state index in [1.54, 1.807) is 13.0 Å². The number of carbonyl (C=O) groups excluding carboxylic acids is 1. The normalized spacial score (nSPS) is 26.2. The molecule has 2 fully saturated rings. The van der Waals surface area contributed by atoms with Gasteiger partial charge in [0.15, 0.2) is 5.69 Å². The lowest BCUT2D eigenvalue weighted by Gasteiger charge is -2.36. The molecule has 1 saturated heterocycles. The van der Waals surface area contributed by atoms with Crippen molar-refractivity contribution < 1.29 is 17.7 Å². The van der Waals surface area contributed by atoms with Gasteiger partial charge in [0, 0.05) is 30.6 Å². The SMILES string of the molecule is CCS(=O)(=O)N1CCC(NC(=O)c2cc(C3CC3)on2)C[C@@H]1C. The molecule has 1 aliphatic heterocycles. The topological polar surface area (TPSA) is 92.5 Å². The van der Waals surface area contributed by atoms with Gasteiger partial charge in [-0.05, 0) is 39.5 Å². The minimum absolute atomic E-state index is 0.0399. The summed E-state index contributed by atoms with van der Waals surface area (Å²) in [5.41, 5.74) is 0.308. The first kappa shape index (κ1) is 16.4. The molecule has 23 heavy (non-hydrogen) atoms. The van der Waals surface area contributed by atoms with Crippen LogP contribution < -0.4 is 5.32 Å². The fraction of sp³-hybridized carbons (Fsp3) is 0.733. The summed E-state index contributed by atoms with van der Waals surface area (Å²) in [6.07, 6.45) is 3.41. The molecule has 0 aromatic carbocycles. The van der Waals surface area contributed by atoms with Crippen LogP contribution in [-0.2, 0) is 10.0 Å². The van der Waals surface area contributed by atoms with Crippen molar-refractivity contribution in [3.05, 3.63) is 17.5 Å². The van der Waals surface area contributed by atoms with E-state index in [0.29, 0.717) is 31.0 Å². The van der Waals surface area contributed by atoms with Crippen LogP contribution in [0.5, 0.6) is 0 Å². The van der Waals surface area contributed by atoms with E-state index in [4.69, 9.17) is 4.52 Å². The minimum atomic E-state index is -3.18. The zero-order valence-electron chi connectivity index (χ0n) is 13.5. The van der Waals surface area contributed by atoms with Crippen molar-refractivity contribution in [1.82, 2.24) is 14.8 Å². The number of sulfonamides is 1. The van der Waals surface area contributed by atoms with Gasteiger partial charge in [0.05, 0.1) is 5.75 Å². The molecular formula is C15H23N3O4S. The highest BCUT2D eigenvalue weighted by Gasteiger charge is 2.34. The standard InChI is InChI=1S/C15H23N3O4S/c1-3-23(20,21)18-7-6-12(8-10(18)2)16-15(19)13-9-14(22-17-13)11-4-5-11/h9-12H,3-8H2,1-2H3,(H,16,19)/t10-,12?/m0/s1. The number of amides is 1. The summed E-state index contributed by atoms with van der Waals surface area (Å²) in [4.78, 5) is 12.2. The van der Waals surface area contributed by atoms with Crippen LogP contribution in [0.15, 0.2) is 10.6 Å². The fourth-order valence-electron chi connectivity index (χ4n) is 3.08. The highest BCUT2D eigenvalue weighted by Crippen LogP contribution is 2.40. The lowest BCUT2D eigenvalue weighted by molar-refractivity contribution is 0.0905. The van der Waals surface area contributed by atoms with Crippen LogP contribution in [0.25, 0.3) is 0 Å². The van der Waals surface area contributed by atoms with Crippen LogP contribution in [-0.4, -0.2) is 48.2 Å². The van der Waals surface area contributed by atoms with Crippen molar-refractivity contribution in [3.63, 3.8) is 0 Å². The third-order valence-electron chi connectivity index (χ3n) is 4.61. The number of piperidine rings is 1. The monoisotopic (exact) mass is 341 g/mol. The van der Waals surface area contributed by atoms with Crippen molar-refractivity contribution in [2.24, 2.45) is 0 Å². The van der Waals surface area contributed by atoms with Gasteiger partial charge < -0.3 is 9.84 Å². The van der Waals surface area contributed by atoms with Crippen molar-refractivity contribution in [1.29, 1.82) is 0 Å².